The Balaban J connectivity index is 1.70. The predicted octanol–water partition coefficient (Wildman–Crippen LogP) is 5.27. The van der Waals surface area contributed by atoms with Crippen LogP contribution in [0, 0.1) is 0 Å². The number of fused-ring (bicyclic) bond motifs is 1. The van der Waals surface area contributed by atoms with Crippen LogP contribution in [-0.2, 0) is 26.4 Å². The fraction of sp³-hybridized carbons (Fsp3) is 0.481. The highest BCUT2D eigenvalue weighted by Crippen LogP contribution is 2.56. The first-order valence-corrected chi connectivity index (χ1v) is 16.2. The van der Waals surface area contributed by atoms with Gasteiger partial charge in [-0.3, -0.25) is 9.59 Å². The number of nitrogens with one attached hydrogen (secondary N) is 1. The quantitative estimate of drug-likeness (QED) is 0.303. The van der Waals surface area contributed by atoms with E-state index in [4.69, 9.17) is 4.74 Å². The number of rotatable bonds is 6. The molecular formula is C27H36N4O5Si. The molecule has 198 valence electrons. The molecule has 1 saturated carbocycles. The summed E-state index contributed by atoms with van der Waals surface area (Å²) in [5.74, 6) is -0.391. The minimum Gasteiger partial charge on any atom is -0.507 e. The van der Waals surface area contributed by atoms with Gasteiger partial charge in [0.05, 0.1) is 32.5 Å². The molecule has 2 aliphatic rings. The van der Waals surface area contributed by atoms with Crippen LogP contribution in [0.4, 0.5) is 10.6 Å². The van der Waals surface area contributed by atoms with Crippen LogP contribution in [0.25, 0.3) is 5.76 Å². The zero-order chi connectivity index (χ0) is 27.2. The van der Waals surface area contributed by atoms with Gasteiger partial charge in [-0.05, 0) is 33.6 Å². The number of amides is 2. The summed E-state index contributed by atoms with van der Waals surface area (Å²) < 4.78 is 6.33. The second-order valence-electron chi connectivity index (χ2n) is 11.3. The maximum atomic E-state index is 13.7. The molecule has 0 spiro atoms. The largest absolute Gasteiger partial charge is 0.507 e. The minimum atomic E-state index is -1.87. The lowest BCUT2D eigenvalue weighted by Gasteiger charge is -2.48. The number of aliphatic hydroxyl groups excluding tert-OH is 1. The van der Waals surface area contributed by atoms with E-state index in [0.29, 0.717) is 16.8 Å². The lowest BCUT2D eigenvalue weighted by molar-refractivity contribution is -0.131. The first-order valence-electron chi connectivity index (χ1n) is 12.7. The van der Waals surface area contributed by atoms with Crippen LogP contribution in [0.1, 0.15) is 56.9 Å². The number of carbonyl (C=O) groups is 3. The lowest BCUT2D eigenvalue weighted by Crippen LogP contribution is -2.52. The summed E-state index contributed by atoms with van der Waals surface area (Å²) in [5.41, 5.74) is 0.734. The topological polar surface area (TPSA) is 114 Å². The van der Waals surface area contributed by atoms with E-state index in [-0.39, 0.29) is 30.6 Å². The van der Waals surface area contributed by atoms with Crippen LogP contribution in [0.5, 0.6) is 0 Å². The maximum Gasteiger partial charge on any atom is 0.436 e. The van der Waals surface area contributed by atoms with Gasteiger partial charge in [-0.2, -0.15) is 5.10 Å². The number of anilines is 1. The normalized spacial score (nSPS) is 18.1. The third-order valence-corrected chi connectivity index (χ3v) is 11.5. The number of ether oxygens (including phenoxy) is 1. The Hall–Kier alpha value is -3.40. The average Bonchev–Trinajstić information content (AvgIpc) is 3.27. The number of carbonyl (C=O) groups excluding carboxylic acids is 3. The van der Waals surface area contributed by atoms with Crippen molar-refractivity contribution in [1.82, 2.24) is 14.7 Å². The molecule has 2 heterocycles. The summed E-state index contributed by atoms with van der Waals surface area (Å²) in [6.45, 7) is 12.2. The molecule has 2 N–H and O–H groups in total. The van der Waals surface area contributed by atoms with E-state index in [2.05, 4.69) is 30.1 Å². The van der Waals surface area contributed by atoms with Crippen molar-refractivity contribution in [3.63, 3.8) is 0 Å². The van der Waals surface area contributed by atoms with Gasteiger partial charge in [-0.25, -0.2) is 4.79 Å². The molecule has 0 unspecified atom stereocenters. The van der Waals surface area contributed by atoms with Gasteiger partial charge in [0, 0.05) is 22.2 Å². The summed E-state index contributed by atoms with van der Waals surface area (Å²) in [7, 11) is -1.87. The molecule has 1 aromatic carbocycles. The van der Waals surface area contributed by atoms with Crippen molar-refractivity contribution < 1.29 is 24.2 Å². The number of hydrogen-bond donors (Lipinski definition) is 2. The Morgan fingerprint density at radius 2 is 1.81 bits per heavy atom. The number of hydrogen-bond acceptors (Lipinski definition) is 6. The highest BCUT2D eigenvalue weighted by atomic mass is 28.3. The molecule has 37 heavy (non-hydrogen) atoms. The molecule has 4 rings (SSSR count). The summed E-state index contributed by atoms with van der Waals surface area (Å²) >= 11 is 0. The summed E-state index contributed by atoms with van der Waals surface area (Å²) in [6.07, 6.45) is 3.15. The molecule has 0 bridgehead atoms. The Morgan fingerprint density at radius 1 is 1.16 bits per heavy atom. The van der Waals surface area contributed by atoms with Crippen LogP contribution >= 0.6 is 0 Å². The van der Waals surface area contributed by atoms with Crippen molar-refractivity contribution in [3.8, 4) is 0 Å². The van der Waals surface area contributed by atoms with Crippen LogP contribution in [0.3, 0.4) is 0 Å². The highest BCUT2D eigenvalue weighted by Gasteiger charge is 2.54. The van der Waals surface area contributed by atoms with E-state index in [9.17, 15) is 19.5 Å². The van der Waals surface area contributed by atoms with Gasteiger partial charge in [0.1, 0.15) is 11.6 Å². The number of aromatic nitrogens is 2. The molecule has 2 amide bonds. The Morgan fingerprint density at radius 3 is 2.35 bits per heavy atom. The number of benzene rings is 1. The molecule has 1 fully saturated rings. The fourth-order valence-electron chi connectivity index (χ4n) is 5.34. The average molecular weight is 525 g/mol. The molecule has 1 aliphatic heterocycles. The van der Waals surface area contributed by atoms with Gasteiger partial charge in [0.2, 0.25) is 5.91 Å². The van der Waals surface area contributed by atoms with Gasteiger partial charge < -0.3 is 20.1 Å². The van der Waals surface area contributed by atoms with E-state index in [1.165, 1.54) is 6.08 Å². The SMILES string of the molecule is CCOC(=O)n1nc2c(c1NC(=O)C1([Si](C)(C)C)CCC1)CN(C(=O)/C=C(\O)c1ccccc1)C2(C)C. The van der Waals surface area contributed by atoms with E-state index in [1.807, 2.05) is 19.9 Å². The van der Waals surface area contributed by atoms with Crippen molar-refractivity contribution in [2.45, 2.75) is 76.8 Å². The summed E-state index contributed by atoms with van der Waals surface area (Å²) in [5, 5.41) is 17.7. The van der Waals surface area contributed by atoms with Crippen LogP contribution < -0.4 is 5.32 Å². The van der Waals surface area contributed by atoms with Gasteiger partial charge in [0.15, 0.2) is 0 Å². The molecule has 0 saturated heterocycles. The van der Waals surface area contributed by atoms with Gasteiger partial charge >= 0.3 is 6.09 Å². The van der Waals surface area contributed by atoms with E-state index >= 15 is 0 Å². The predicted molar refractivity (Wildman–Crippen MR) is 144 cm³/mol. The van der Waals surface area contributed by atoms with Crippen LogP contribution in [0.15, 0.2) is 36.4 Å². The van der Waals surface area contributed by atoms with Crippen molar-refractivity contribution in [3.05, 3.63) is 53.2 Å². The van der Waals surface area contributed by atoms with Gasteiger partial charge in [-0.15, -0.1) is 4.68 Å². The molecule has 1 aliphatic carbocycles. The number of aliphatic hydroxyl groups is 1. The Kier molecular flexibility index (Phi) is 6.83. The van der Waals surface area contributed by atoms with E-state index in [0.717, 1.165) is 23.9 Å². The molecule has 0 atom stereocenters. The molecule has 10 heteroatoms. The molecule has 9 nitrogen and oxygen atoms in total. The monoisotopic (exact) mass is 524 g/mol. The number of nitrogens with zero attached hydrogens (tertiary/aromatic N) is 3. The van der Waals surface area contributed by atoms with E-state index < -0.39 is 30.7 Å². The second-order valence-corrected chi connectivity index (χ2v) is 16.8. The van der Waals surface area contributed by atoms with Crippen molar-refractivity contribution in [2.24, 2.45) is 0 Å². The standard InChI is InChI=1S/C27H36N4O5Si/c1-7-36-25(35)31-23(28-24(34)27(14-11-15-27)37(4,5)6)19-17-30(26(2,3)22(19)29-31)21(33)16-20(32)18-12-9-8-10-13-18/h8-10,12-13,16,32H,7,11,14-15,17H2,1-6H3,(H,28,34)/b20-16-. The van der Waals surface area contributed by atoms with Crippen LogP contribution in [-0.4, -0.2) is 52.4 Å². The first-order chi connectivity index (χ1) is 17.3. The zero-order valence-electron chi connectivity index (χ0n) is 22.4. The molecular weight excluding hydrogens is 488 g/mol. The third kappa shape index (κ3) is 4.47. The van der Waals surface area contributed by atoms with Crippen molar-refractivity contribution in [2.75, 3.05) is 11.9 Å². The fourth-order valence-corrected chi connectivity index (χ4v) is 7.93. The van der Waals surface area contributed by atoms with Gasteiger partial charge in [-0.1, -0.05) is 56.4 Å². The lowest BCUT2D eigenvalue weighted by atomic mass is 9.83. The van der Waals surface area contributed by atoms with Crippen LogP contribution in [0.2, 0.25) is 24.7 Å². The van der Waals surface area contributed by atoms with Crippen molar-refractivity contribution >= 4 is 37.6 Å². The van der Waals surface area contributed by atoms with E-state index in [1.54, 1.807) is 36.1 Å². The Labute approximate surface area is 218 Å². The summed E-state index contributed by atoms with van der Waals surface area (Å²) in [6, 6.07) is 8.82. The molecule has 2 aromatic rings. The Bertz CT molecular complexity index is 1260. The second kappa shape index (κ2) is 9.48. The van der Waals surface area contributed by atoms with Gasteiger partial charge in [0.25, 0.3) is 5.91 Å². The molecule has 1 aromatic heterocycles. The summed E-state index contributed by atoms with van der Waals surface area (Å²) in [4.78, 5) is 41.4. The molecule has 0 radical (unpaired) electrons. The highest BCUT2D eigenvalue weighted by molar-refractivity contribution is 6.83. The first kappa shape index (κ1) is 26.7. The third-order valence-electron chi connectivity index (χ3n) is 7.90. The van der Waals surface area contributed by atoms with Crippen molar-refractivity contribution in [1.29, 1.82) is 0 Å². The minimum absolute atomic E-state index is 0.102. The zero-order valence-corrected chi connectivity index (χ0v) is 23.4. The maximum absolute atomic E-state index is 13.7. The smallest absolute Gasteiger partial charge is 0.436 e.